The van der Waals surface area contributed by atoms with Gasteiger partial charge in [-0.2, -0.15) is 0 Å². The zero-order chi connectivity index (χ0) is 19.7. The van der Waals surface area contributed by atoms with Gasteiger partial charge in [0, 0.05) is 42.0 Å². The van der Waals surface area contributed by atoms with E-state index in [0.29, 0.717) is 28.2 Å². The van der Waals surface area contributed by atoms with Crippen LogP contribution in [0.1, 0.15) is 21.7 Å². The number of hydrogen-bond acceptors (Lipinski definition) is 4. The molecule has 4 nitrogen and oxygen atoms in total. The van der Waals surface area contributed by atoms with Crippen molar-refractivity contribution >= 4 is 33.6 Å². The number of rotatable bonds is 5. The van der Waals surface area contributed by atoms with E-state index in [1.165, 1.54) is 0 Å². The van der Waals surface area contributed by atoms with Crippen LogP contribution in [-0.4, -0.2) is 31.9 Å². The summed E-state index contributed by atoms with van der Waals surface area (Å²) in [5.74, 6) is 1.18. The van der Waals surface area contributed by atoms with Gasteiger partial charge < -0.3 is 14.1 Å². The fourth-order valence-corrected chi connectivity index (χ4v) is 3.38. The molecule has 0 saturated heterocycles. The van der Waals surface area contributed by atoms with E-state index < -0.39 is 0 Å². The molecule has 0 radical (unpaired) electrons. The summed E-state index contributed by atoms with van der Waals surface area (Å²) in [7, 11) is 5.49. The molecule has 4 aromatic rings. The molecule has 0 saturated carbocycles. The average molecular weight is 371 g/mol. The second-order valence-electron chi connectivity index (χ2n) is 6.82. The zero-order valence-corrected chi connectivity index (χ0v) is 16.1. The molecule has 0 aliphatic heterocycles. The highest BCUT2D eigenvalue weighted by Gasteiger charge is 2.23. The average Bonchev–Trinajstić information content (AvgIpc) is 3.10. The summed E-state index contributed by atoms with van der Waals surface area (Å²) in [5, 5.41) is 2.62. The number of carbonyl (C=O) groups is 1. The summed E-state index contributed by atoms with van der Waals surface area (Å²) in [5.41, 5.74) is 1.86. The second kappa shape index (κ2) is 7.24. The summed E-state index contributed by atoms with van der Waals surface area (Å²) >= 11 is 0. The molecule has 0 unspecified atom stereocenters. The Hall–Kier alpha value is -3.53. The van der Waals surface area contributed by atoms with Crippen molar-refractivity contribution in [3.05, 3.63) is 83.8 Å². The quantitative estimate of drug-likeness (QED) is 0.443. The molecule has 1 aromatic heterocycles. The maximum absolute atomic E-state index is 13.4. The Kier molecular flexibility index (Phi) is 4.62. The van der Waals surface area contributed by atoms with Crippen LogP contribution in [0, 0.1) is 0 Å². The molecule has 0 aliphatic rings. The molecule has 0 amide bonds. The Bertz CT molecular complexity index is 1190. The predicted molar refractivity (Wildman–Crippen MR) is 113 cm³/mol. The maximum Gasteiger partial charge on any atom is 0.197 e. The van der Waals surface area contributed by atoms with Gasteiger partial charge in [-0.1, -0.05) is 54.6 Å². The standard InChI is InChI=1S/C24H21NO3/c1-25(2)14-13-20-22(23(26)16-9-5-4-6-10-16)19-15-21(27-3)17-11-7-8-12-18(17)24(19)28-20/h4-15H,1-3H3/b14-13+. The van der Waals surface area contributed by atoms with Gasteiger partial charge in [0.05, 0.1) is 12.7 Å². The van der Waals surface area contributed by atoms with Crippen LogP contribution >= 0.6 is 0 Å². The van der Waals surface area contributed by atoms with E-state index in [4.69, 9.17) is 9.15 Å². The summed E-state index contributed by atoms with van der Waals surface area (Å²) in [6.45, 7) is 0. The number of benzene rings is 3. The molecule has 0 atom stereocenters. The highest BCUT2D eigenvalue weighted by Crippen LogP contribution is 2.39. The summed E-state index contributed by atoms with van der Waals surface area (Å²) < 4.78 is 11.8. The number of hydrogen-bond donors (Lipinski definition) is 0. The first-order valence-corrected chi connectivity index (χ1v) is 9.06. The zero-order valence-electron chi connectivity index (χ0n) is 16.1. The number of carbonyl (C=O) groups excluding carboxylic acids is 1. The molecule has 140 valence electrons. The molecular weight excluding hydrogens is 350 g/mol. The molecule has 3 aromatic carbocycles. The van der Waals surface area contributed by atoms with Gasteiger partial charge in [-0.3, -0.25) is 4.79 Å². The van der Waals surface area contributed by atoms with Gasteiger partial charge in [-0.25, -0.2) is 0 Å². The molecule has 0 N–H and O–H groups in total. The molecule has 28 heavy (non-hydrogen) atoms. The van der Waals surface area contributed by atoms with Gasteiger partial charge in [-0.15, -0.1) is 0 Å². The second-order valence-corrected chi connectivity index (χ2v) is 6.82. The first-order chi connectivity index (χ1) is 13.6. The van der Waals surface area contributed by atoms with E-state index in [9.17, 15) is 4.79 Å². The van der Waals surface area contributed by atoms with E-state index in [1.54, 1.807) is 7.11 Å². The molecule has 4 heteroatoms. The molecule has 1 heterocycles. The van der Waals surface area contributed by atoms with Crippen molar-refractivity contribution < 1.29 is 13.9 Å². The van der Waals surface area contributed by atoms with E-state index in [2.05, 4.69) is 0 Å². The Morgan fingerprint density at radius 1 is 0.964 bits per heavy atom. The third-order valence-electron chi connectivity index (χ3n) is 4.69. The normalized spacial score (nSPS) is 11.4. The number of ketones is 1. The summed E-state index contributed by atoms with van der Waals surface area (Å²) in [6, 6.07) is 19.0. The first kappa shape index (κ1) is 17.9. The minimum atomic E-state index is -0.0740. The number of nitrogens with zero attached hydrogens (tertiary/aromatic N) is 1. The lowest BCUT2D eigenvalue weighted by Gasteiger charge is -2.07. The lowest BCUT2D eigenvalue weighted by atomic mass is 9.98. The minimum absolute atomic E-state index is 0.0740. The summed E-state index contributed by atoms with van der Waals surface area (Å²) in [6.07, 6.45) is 3.70. The Labute approximate surface area is 163 Å². The fraction of sp³-hybridized carbons (Fsp3) is 0.125. The third-order valence-corrected chi connectivity index (χ3v) is 4.69. The van der Waals surface area contributed by atoms with Crippen molar-refractivity contribution in [3.8, 4) is 5.75 Å². The maximum atomic E-state index is 13.4. The Morgan fingerprint density at radius 3 is 2.32 bits per heavy atom. The highest BCUT2D eigenvalue weighted by atomic mass is 16.5. The van der Waals surface area contributed by atoms with Gasteiger partial charge in [-0.05, 0) is 12.1 Å². The molecular formula is C24H21NO3. The monoisotopic (exact) mass is 371 g/mol. The minimum Gasteiger partial charge on any atom is -0.496 e. The van der Waals surface area contributed by atoms with Gasteiger partial charge in [0.2, 0.25) is 0 Å². The number of ether oxygens (including phenoxy) is 1. The molecule has 0 aliphatic carbocycles. The lowest BCUT2D eigenvalue weighted by molar-refractivity contribution is 0.103. The number of furan rings is 1. The van der Waals surface area contributed by atoms with Crippen LogP contribution in [0.5, 0.6) is 5.75 Å². The van der Waals surface area contributed by atoms with Gasteiger partial charge in [0.15, 0.2) is 5.78 Å². The van der Waals surface area contributed by atoms with Gasteiger partial charge in [0.1, 0.15) is 17.1 Å². The first-order valence-electron chi connectivity index (χ1n) is 9.06. The SMILES string of the molecule is COc1cc2c(C(=O)c3ccccc3)c(/C=C/N(C)C)oc2c2ccccc12. The van der Waals surface area contributed by atoms with Crippen molar-refractivity contribution in [1.82, 2.24) is 4.90 Å². The third kappa shape index (κ3) is 3.03. The lowest BCUT2D eigenvalue weighted by Crippen LogP contribution is -2.03. The largest absolute Gasteiger partial charge is 0.496 e. The number of fused-ring (bicyclic) bond motifs is 3. The van der Waals surface area contributed by atoms with E-state index >= 15 is 0 Å². The van der Waals surface area contributed by atoms with E-state index in [0.717, 1.165) is 16.2 Å². The van der Waals surface area contributed by atoms with Crippen molar-refractivity contribution in [2.75, 3.05) is 21.2 Å². The van der Waals surface area contributed by atoms with Crippen LogP contribution in [0.15, 0.2) is 71.3 Å². The topological polar surface area (TPSA) is 42.7 Å². The Morgan fingerprint density at radius 2 is 1.64 bits per heavy atom. The van der Waals surface area contributed by atoms with Crippen LogP contribution in [0.4, 0.5) is 0 Å². The highest BCUT2D eigenvalue weighted by molar-refractivity contribution is 6.21. The van der Waals surface area contributed by atoms with Crippen molar-refractivity contribution in [3.63, 3.8) is 0 Å². The predicted octanol–water partition coefficient (Wildman–Crippen LogP) is 5.36. The molecule has 0 spiro atoms. The van der Waals surface area contributed by atoms with Gasteiger partial charge >= 0.3 is 0 Å². The molecule has 0 bridgehead atoms. The number of methoxy groups -OCH3 is 1. The smallest absolute Gasteiger partial charge is 0.197 e. The van der Waals surface area contributed by atoms with Crippen LogP contribution < -0.4 is 4.74 Å². The van der Waals surface area contributed by atoms with Crippen LogP contribution in [-0.2, 0) is 0 Å². The molecule has 4 rings (SSSR count). The van der Waals surface area contributed by atoms with Crippen molar-refractivity contribution in [2.45, 2.75) is 0 Å². The van der Waals surface area contributed by atoms with E-state index in [1.807, 2.05) is 91.9 Å². The fourth-order valence-electron chi connectivity index (χ4n) is 3.38. The summed E-state index contributed by atoms with van der Waals surface area (Å²) in [4.78, 5) is 15.3. The van der Waals surface area contributed by atoms with Gasteiger partial charge in [0.25, 0.3) is 0 Å². The van der Waals surface area contributed by atoms with Crippen LogP contribution in [0.25, 0.3) is 27.8 Å². The molecule has 0 fully saturated rings. The van der Waals surface area contributed by atoms with Crippen molar-refractivity contribution in [1.29, 1.82) is 0 Å². The van der Waals surface area contributed by atoms with E-state index in [-0.39, 0.29) is 5.78 Å². The van der Waals surface area contributed by atoms with Crippen LogP contribution in [0.2, 0.25) is 0 Å². The van der Waals surface area contributed by atoms with Crippen molar-refractivity contribution in [2.24, 2.45) is 0 Å². The van der Waals surface area contributed by atoms with Crippen LogP contribution in [0.3, 0.4) is 0 Å². The Balaban J connectivity index is 2.06.